The predicted octanol–water partition coefficient (Wildman–Crippen LogP) is 1.03. The minimum atomic E-state index is -0.0515. The molecule has 0 spiro atoms. The maximum Gasteiger partial charge on any atom is 0.239 e. The second kappa shape index (κ2) is 7.47. The molecule has 1 amide bonds. The molecule has 19 heavy (non-hydrogen) atoms. The lowest BCUT2D eigenvalue weighted by molar-refractivity contribution is -0.117. The lowest BCUT2D eigenvalue weighted by Crippen LogP contribution is -2.44. The molecule has 0 aliphatic carbocycles. The fourth-order valence-corrected chi connectivity index (χ4v) is 2.21. The first-order valence-electron chi connectivity index (χ1n) is 6.29. The Morgan fingerprint density at radius 2 is 2.26 bits per heavy atom. The maximum atomic E-state index is 11.8. The minimum absolute atomic E-state index is 0. The van der Waals surface area contributed by atoms with Crippen LogP contribution in [0.2, 0.25) is 0 Å². The minimum Gasteiger partial charge on any atom is -0.360 e. The highest BCUT2D eigenvalue weighted by Gasteiger charge is 2.19. The molecule has 2 rings (SSSR count). The number of nitrogens with zero attached hydrogens (tertiary/aromatic N) is 2. The highest BCUT2D eigenvalue weighted by molar-refractivity contribution is 5.91. The van der Waals surface area contributed by atoms with Gasteiger partial charge in [0.05, 0.1) is 6.54 Å². The van der Waals surface area contributed by atoms with Gasteiger partial charge in [-0.3, -0.25) is 9.69 Å². The van der Waals surface area contributed by atoms with Gasteiger partial charge in [-0.1, -0.05) is 5.16 Å². The van der Waals surface area contributed by atoms with Crippen molar-refractivity contribution in [3.05, 3.63) is 11.8 Å². The summed E-state index contributed by atoms with van der Waals surface area (Å²) in [4.78, 5) is 13.9. The van der Waals surface area contributed by atoms with Gasteiger partial charge in [-0.2, -0.15) is 0 Å². The first kappa shape index (κ1) is 15.9. The number of carbonyl (C=O) groups excluding carboxylic acids is 1. The largest absolute Gasteiger partial charge is 0.360 e. The third kappa shape index (κ3) is 4.81. The maximum absolute atomic E-state index is 11.8. The number of piperidine rings is 1. The molecule has 1 fully saturated rings. The molecule has 2 N–H and O–H groups in total. The van der Waals surface area contributed by atoms with Gasteiger partial charge in [0, 0.05) is 12.1 Å². The molecule has 7 heteroatoms. The SMILES string of the molecule is Cc1cc(NC(=O)CN(C)C2CCNCC2)no1.Cl. The summed E-state index contributed by atoms with van der Waals surface area (Å²) in [6.45, 7) is 4.23. The van der Waals surface area contributed by atoms with Gasteiger partial charge in [0.2, 0.25) is 5.91 Å². The number of aryl methyl sites for hydroxylation is 1. The number of anilines is 1. The number of carbonyl (C=O) groups is 1. The topological polar surface area (TPSA) is 70.4 Å². The Hall–Kier alpha value is -1.11. The van der Waals surface area contributed by atoms with Crippen LogP contribution >= 0.6 is 12.4 Å². The van der Waals surface area contributed by atoms with Crippen LogP contribution in [0.1, 0.15) is 18.6 Å². The lowest BCUT2D eigenvalue weighted by atomic mass is 10.1. The molecule has 0 saturated carbocycles. The van der Waals surface area contributed by atoms with Crippen molar-refractivity contribution < 1.29 is 9.32 Å². The molecule has 1 aromatic heterocycles. The van der Waals surface area contributed by atoms with Crippen LogP contribution in [0.3, 0.4) is 0 Å². The summed E-state index contributed by atoms with van der Waals surface area (Å²) in [6, 6.07) is 2.19. The van der Waals surface area contributed by atoms with Crippen molar-refractivity contribution in [2.45, 2.75) is 25.8 Å². The molecule has 0 aromatic carbocycles. The number of hydrogen-bond acceptors (Lipinski definition) is 5. The molecule has 1 saturated heterocycles. The van der Waals surface area contributed by atoms with Crippen molar-refractivity contribution in [2.75, 3.05) is 32.0 Å². The Bertz CT molecular complexity index is 404. The zero-order chi connectivity index (χ0) is 13.0. The Balaban J connectivity index is 0.00000180. The van der Waals surface area contributed by atoms with Crippen LogP contribution in [-0.2, 0) is 4.79 Å². The van der Waals surface area contributed by atoms with E-state index >= 15 is 0 Å². The number of amides is 1. The standard InChI is InChI=1S/C12H20N4O2.ClH/c1-9-7-11(15-18-9)14-12(17)8-16(2)10-3-5-13-6-4-10;/h7,10,13H,3-6,8H2,1-2H3,(H,14,15,17);1H. The van der Waals surface area contributed by atoms with Crippen molar-refractivity contribution in [1.82, 2.24) is 15.4 Å². The molecule has 2 heterocycles. The fraction of sp³-hybridized carbons (Fsp3) is 0.667. The second-order valence-corrected chi connectivity index (χ2v) is 4.77. The molecular formula is C12H21ClN4O2. The molecule has 0 atom stereocenters. The zero-order valence-corrected chi connectivity index (χ0v) is 12.1. The van der Waals surface area contributed by atoms with Crippen LogP contribution in [0.15, 0.2) is 10.6 Å². The molecule has 6 nitrogen and oxygen atoms in total. The molecule has 1 aliphatic heterocycles. The van der Waals surface area contributed by atoms with Crippen LogP contribution in [-0.4, -0.2) is 48.7 Å². The molecule has 0 unspecified atom stereocenters. The highest BCUT2D eigenvalue weighted by atomic mass is 35.5. The third-order valence-corrected chi connectivity index (χ3v) is 3.22. The molecule has 108 valence electrons. The van der Waals surface area contributed by atoms with Crippen molar-refractivity contribution in [1.29, 1.82) is 0 Å². The molecule has 1 aliphatic rings. The first-order chi connectivity index (χ1) is 8.65. The van der Waals surface area contributed by atoms with Crippen molar-refractivity contribution in [3.8, 4) is 0 Å². The number of likely N-dealkylation sites (N-methyl/N-ethyl adjacent to an activating group) is 1. The smallest absolute Gasteiger partial charge is 0.239 e. The van der Waals surface area contributed by atoms with Gasteiger partial charge < -0.3 is 15.2 Å². The Morgan fingerprint density at radius 3 is 2.84 bits per heavy atom. The van der Waals surface area contributed by atoms with Crippen LogP contribution in [0.5, 0.6) is 0 Å². The summed E-state index contributed by atoms with van der Waals surface area (Å²) in [5, 5.41) is 9.79. The van der Waals surface area contributed by atoms with E-state index in [0.29, 0.717) is 24.2 Å². The number of rotatable bonds is 4. The predicted molar refractivity (Wildman–Crippen MR) is 75.6 cm³/mol. The van der Waals surface area contributed by atoms with E-state index in [1.54, 1.807) is 13.0 Å². The van der Waals surface area contributed by atoms with Gasteiger partial charge in [0.25, 0.3) is 0 Å². The summed E-state index contributed by atoms with van der Waals surface area (Å²) in [7, 11) is 1.99. The van der Waals surface area contributed by atoms with Gasteiger partial charge in [-0.15, -0.1) is 12.4 Å². The summed E-state index contributed by atoms with van der Waals surface area (Å²) in [5.74, 6) is 1.12. The summed E-state index contributed by atoms with van der Waals surface area (Å²) >= 11 is 0. The fourth-order valence-electron chi connectivity index (χ4n) is 2.21. The lowest BCUT2D eigenvalue weighted by Gasteiger charge is -2.30. The van der Waals surface area contributed by atoms with E-state index in [1.165, 1.54) is 0 Å². The molecular weight excluding hydrogens is 268 g/mol. The van der Waals surface area contributed by atoms with Crippen molar-refractivity contribution in [2.24, 2.45) is 0 Å². The highest BCUT2D eigenvalue weighted by Crippen LogP contribution is 2.10. The van der Waals surface area contributed by atoms with Gasteiger partial charge in [-0.25, -0.2) is 0 Å². The first-order valence-corrected chi connectivity index (χ1v) is 6.29. The summed E-state index contributed by atoms with van der Waals surface area (Å²) in [6.07, 6.45) is 2.18. The Labute approximate surface area is 119 Å². The monoisotopic (exact) mass is 288 g/mol. The summed E-state index contributed by atoms with van der Waals surface area (Å²) < 4.78 is 4.90. The average Bonchev–Trinajstić information content (AvgIpc) is 2.75. The van der Waals surface area contributed by atoms with E-state index in [4.69, 9.17) is 4.52 Å². The van der Waals surface area contributed by atoms with Gasteiger partial charge in [0.1, 0.15) is 5.76 Å². The normalized spacial score (nSPS) is 16.2. The third-order valence-electron chi connectivity index (χ3n) is 3.22. The second-order valence-electron chi connectivity index (χ2n) is 4.77. The van der Waals surface area contributed by atoms with Gasteiger partial charge >= 0.3 is 0 Å². The van der Waals surface area contributed by atoms with Crippen LogP contribution in [0.25, 0.3) is 0 Å². The number of halogens is 1. The number of nitrogens with one attached hydrogen (secondary N) is 2. The van der Waals surface area contributed by atoms with Crippen LogP contribution < -0.4 is 10.6 Å². The quantitative estimate of drug-likeness (QED) is 0.866. The molecule has 1 aromatic rings. The Kier molecular flexibility index (Phi) is 6.27. The van der Waals surface area contributed by atoms with E-state index in [1.807, 2.05) is 7.05 Å². The van der Waals surface area contributed by atoms with Crippen LogP contribution in [0.4, 0.5) is 5.82 Å². The van der Waals surface area contributed by atoms with E-state index in [2.05, 4.69) is 20.7 Å². The van der Waals surface area contributed by atoms with Crippen molar-refractivity contribution >= 4 is 24.1 Å². The Morgan fingerprint density at radius 1 is 1.58 bits per heavy atom. The van der Waals surface area contributed by atoms with Crippen molar-refractivity contribution in [3.63, 3.8) is 0 Å². The van der Waals surface area contributed by atoms with E-state index in [-0.39, 0.29) is 18.3 Å². The molecule has 0 bridgehead atoms. The van der Waals surface area contributed by atoms with Gasteiger partial charge in [-0.05, 0) is 39.9 Å². The summed E-state index contributed by atoms with van der Waals surface area (Å²) in [5.41, 5.74) is 0. The average molecular weight is 289 g/mol. The molecule has 0 radical (unpaired) electrons. The number of aromatic nitrogens is 1. The number of hydrogen-bond donors (Lipinski definition) is 2. The van der Waals surface area contributed by atoms with Gasteiger partial charge in [0.15, 0.2) is 5.82 Å². The van der Waals surface area contributed by atoms with Crippen LogP contribution in [0, 0.1) is 6.92 Å². The van der Waals surface area contributed by atoms with E-state index < -0.39 is 0 Å². The zero-order valence-electron chi connectivity index (χ0n) is 11.3. The van der Waals surface area contributed by atoms with E-state index in [9.17, 15) is 4.79 Å². The van der Waals surface area contributed by atoms with E-state index in [0.717, 1.165) is 25.9 Å².